The van der Waals surface area contributed by atoms with Crippen LogP contribution in [0, 0.1) is 5.92 Å². The van der Waals surface area contributed by atoms with Crippen molar-refractivity contribution in [2.75, 3.05) is 6.61 Å². The second-order valence-electron chi connectivity index (χ2n) is 3.47. The van der Waals surface area contributed by atoms with Crippen molar-refractivity contribution in [2.24, 2.45) is 5.92 Å². The van der Waals surface area contributed by atoms with Crippen LogP contribution in [0.15, 0.2) is 0 Å². The lowest BCUT2D eigenvalue weighted by molar-refractivity contribution is -0.124. The Morgan fingerprint density at radius 3 is 1.62 bits per heavy atom. The highest BCUT2D eigenvalue weighted by Crippen LogP contribution is 2.11. The zero-order valence-electron chi connectivity index (χ0n) is 7.83. The van der Waals surface area contributed by atoms with Crippen LogP contribution in [0.4, 0.5) is 0 Å². The summed E-state index contributed by atoms with van der Waals surface area (Å²) in [7, 11) is 0. The molecule has 0 aliphatic carbocycles. The molecule has 0 heterocycles. The summed E-state index contributed by atoms with van der Waals surface area (Å²) in [5.41, 5.74) is 0. The molecule has 13 heavy (non-hydrogen) atoms. The molecule has 0 saturated heterocycles. The van der Waals surface area contributed by atoms with E-state index in [1.54, 1.807) is 13.8 Å². The molecule has 0 saturated carbocycles. The van der Waals surface area contributed by atoms with Crippen molar-refractivity contribution in [3.63, 3.8) is 0 Å². The molecule has 0 aliphatic rings. The molecule has 5 heteroatoms. The molecule has 0 aromatic carbocycles. The minimum atomic E-state index is -1.53. The Kier molecular flexibility index (Phi) is 5.43. The number of hydrogen-bond acceptors (Lipinski definition) is 5. The second kappa shape index (κ2) is 5.51. The van der Waals surface area contributed by atoms with Crippen molar-refractivity contribution in [3.8, 4) is 0 Å². The first-order chi connectivity index (χ1) is 5.91. The highest BCUT2D eigenvalue weighted by atomic mass is 16.4. The maximum atomic E-state index is 9.31. The van der Waals surface area contributed by atoms with Gasteiger partial charge in [-0.2, -0.15) is 0 Å². The van der Waals surface area contributed by atoms with Crippen LogP contribution in [0.1, 0.15) is 13.8 Å². The van der Waals surface area contributed by atoms with Crippen molar-refractivity contribution in [1.82, 2.24) is 0 Å². The average molecular weight is 194 g/mol. The van der Waals surface area contributed by atoms with Gasteiger partial charge in [-0.05, 0) is 5.92 Å². The lowest BCUT2D eigenvalue weighted by Gasteiger charge is -2.27. The van der Waals surface area contributed by atoms with Crippen LogP contribution in [-0.2, 0) is 0 Å². The van der Waals surface area contributed by atoms with Crippen molar-refractivity contribution >= 4 is 0 Å². The van der Waals surface area contributed by atoms with E-state index in [1.165, 1.54) is 0 Å². The highest BCUT2D eigenvalue weighted by molar-refractivity contribution is 4.81. The van der Waals surface area contributed by atoms with Gasteiger partial charge in [-0.15, -0.1) is 0 Å². The zero-order chi connectivity index (χ0) is 10.6. The van der Waals surface area contributed by atoms with Gasteiger partial charge in [0, 0.05) is 0 Å². The third kappa shape index (κ3) is 3.58. The summed E-state index contributed by atoms with van der Waals surface area (Å²) in [4.78, 5) is 0. The molecule has 80 valence electrons. The Morgan fingerprint density at radius 2 is 1.31 bits per heavy atom. The fourth-order valence-corrected chi connectivity index (χ4v) is 0.932. The monoisotopic (exact) mass is 194 g/mol. The van der Waals surface area contributed by atoms with Crippen molar-refractivity contribution in [2.45, 2.75) is 38.3 Å². The topological polar surface area (TPSA) is 101 Å². The molecule has 0 rings (SSSR count). The van der Waals surface area contributed by atoms with E-state index in [0.29, 0.717) is 0 Å². The van der Waals surface area contributed by atoms with E-state index < -0.39 is 31.0 Å². The number of hydrogen-bond donors (Lipinski definition) is 5. The molecule has 0 fully saturated rings. The molecule has 0 aliphatic heterocycles. The van der Waals surface area contributed by atoms with E-state index in [4.69, 9.17) is 10.2 Å². The van der Waals surface area contributed by atoms with E-state index in [2.05, 4.69) is 0 Å². The summed E-state index contributed by atoms with van der Waals surface area (Å²) >= 11 is 0. The van der Waals surface area contributed by atoms with Crippen LogP contribution in [0.5, 0.6) is 0 Å². The predicted molar refractivity (Wildman–Crippen MR) is 46.0 cm³/mol. The number of aliphatic hydroxyl groups is 5. The molecule has 5 N–H and O–H groups in total. The summed E-state index contributed by atoms with van der Waals surface area (Å²) in [6.07, 6.45) is -5.51. The van der Waals surface area contributed by atoms with Gasteiger partial charge in [0.1, 0.15) is 18.3 Å². The minimum Gasteiger partial charge on any atom is -0.394 e. The van der Waals surface area contributed by atoms with Gasteiger partial charge in [0.15, 0.2) is 0 Å². The number of rotatable bonds is 5. The van der Waals surface area contributed by atoms with Gasteiger partial charge in [0.05, 0.1) is 12.7 Å². The van der Waals surface area contributed by atoms with Crippen LogP contribution in [-0.4, -0.2) is 56.6 Å². The molecule has 0 amide bonds. The van der Waals surface area contributed by atoms with Gasteiger partial charge < -0.3 is 25.5 Å². The number of aliphatic hydroxyl groups excluding tert-OH is 5. The van der Waals surface area contributed by atoms with Crippen LogP contribution in [0.25, 0.3) is 0 Å². The molecule has 0 aromatic heterocycles. The van der Waals surface area contributed by atoms with Gasteiger partial charge >= 0.3 is 0 Å². The average Bonchev–Trinajstić information content (AvgIpc) is 2.12. The SMILES string of the molecule is CC(C)[C@H](O)[C@H](O)[C@@H](O)[C@@H](O)CO. The molecule has 0 unspecified atom stereocenters. The molecular formula is C8H18O5. The lowest BCUT2D eigenvalue weighted by atomic mass is 9.95. The van der Waals surface area contributed by atoms with Gasteiger partial charge in [-0.25, -0.2) is 0 Å². The fraction of sp³-hybridized carbons (Fsp3) is 1.00. The molecule has 0 bridgehead atoms. The first-order valence-corrected chi connectivity index (χ1v) is 4.25. The molecule has 0 spiro atoms. The third-order valence-electron chi connectivity index (χ3n) is 1.96. The summed E-state index contributed by atoms with van der Waals surface area (Å²) in [6, 6.07) is 0. The largest absolute Gasteiger partial charge is 0.394 e. The maximum Gasteiger partial charge on any atom is 0.110 e. The lowest BCUT2D eigenvalue weighted by Crippen LogP contribution is -2.47. The normalized spacial score (nSPS) is 21.2. The van der Waals surface area contributed by atoms with Gasteiger partial charge in [0.2, 0.25) is 0 Å². The third-order valence-corrected chi connectivity index (χ3v) is 1.96. The molecular weight excluding hydrogens is 176 g/mol. The highest BCUT2D eigenvalue weighted by Gasteiger charge is 2.31. The van der Waals surface area contributed by atoms with Crippen LogP contribution >= 0.6 is 0 Å². The Bertz CT molecular complexity index is 138. The van der Waals surface area contributed by atoms with E-state index >= 15 is 0 Å². The summed E-state index contributed by atoms with van der Waals surface area (Å²) in [6.45, 7) is 2.70. The summed E-state index contributed by atoms with van der Waals surface area (Å²) in [5.74, 6) is -0.226. The zero-order valence-corrected chi connectivity index (χ0v) is 7.83. The van der Waals surface area contributed by atoms with Gasteiger partial charge in [0.25, 0.3) is 0 Å². The van der Waals surface area contributed by atoms with Crippen LogP contribution in [0.3, 0.4) is 0 Å². The van der Waals surface area contributed by atoms with E-state index in [1.807, 2.05) is 0 Å². The predicted octanol–water partition coefficient (Wildman–Crippen LogP) is -1.92. The Labute approximate surface area is 77.3 Å². The van der Waals surface area contributed by atoms with Crippen LogP contribution < -0.4 is 0 Å². The summed E-state index contributed by atoms with van der Waals surface area (Å²) in [5, 5.41) is 45.2. The van der Waals surface area contributed by atoms with Crippen LogP contribution in [0.2, 0.25) is 0 Å². The van der Waals surface area contributed by atoms with Gasteiger partial charge in [-0.3, -0.25) is 0 Å². The fourth-order valence-electron chi connectivity index (χ4n) is 0.932. The van der Waals surface area contributed by atoms with Crippen molar-refractivity contribution in [3.05, 3.63) is 0 Å². The van der Waals surface area contributed by atoms with Gasteiger partial charge in [-0.1, -0.05) is 13.8 Å². The first-order valence-electron chi connectivity index (χ1n) is 4.25. The smallest absolute Gasteiger partial charge is 0.110 e. The van der Waals surface area contributed by atoms with E-state index in [9.17, 15) is 15.3 Å². The molecule has 0 aromatic rings. The van der Waals surface area contributed by atoms with E-state index in [-0.39, 0.29) is 5.92 Å². The maximum absolute atomic E-state index is 9.31. The quantitative estimate of drug-likeness (QED) is 0.351. The Hall–Kier alpha value is -0.200. The molecule has 4 atom stereocenters. The Balaban J connectivity index is 4.15. The van der Waals surface area contributed by atoms with Crippen molar-refractivity contribution < 1.29 is 25.5 Å². The Morgan fingerprint density at radius 1 is 0.846 bits per heavy atom. The van der Waals surface area contributed by atoms with E-state index in [0.717, 1.165) is 0 Å². The second-order valence-corrected chi connectivity index (χ2v) is 3.47. The summed E-state index contributed by atoms with van der Waals surface area (Å²) < 4.78 is 0. The molecule has 5 nitrogen and oxygen atoms in total. The standard InChI is InChI=1S/C8H18O5/c1-4(2)6(11)8(13)7(12)5(10)3-9/h4-13H,3H2,1-2H3/t5-,6-,7-,8-/m0/s1. The first kappa shape index (κ1) is 12.8. The van der Waals surface area contributed by atoms with Crippen molar-refractivity contribution in [1.29, 1.82) is 0 Å². The molecule has 0 radical (unpaired) electrons. The minimum absolute atomic E-state index is 0.226.